The number of carboxylic acid groups (broad SMARTS) is 2. The highest BCUT2D eigenvalue weighted by molar-refractivity contribution is 5.95. The first-order chi connectivity index (χ1) is 18.8. The number of ketones is 1. The molecule has 0 bridgehead atoms. The van der Waals surface area contributed by atoms with E-state index in [-0.39, 0.29) is 69.6 Å². The molecule has 0 spiro atoms. The fourth-order valence-electron chi connectivity index (χ4n) is 11.0. The van der Waals surface area contributed by atoms with E-state index in [1.165, 1.54) is 5.57 Å². The minimum Gasteiger partial charge on any atom is -0.481 e. The summed E-state index contributed by atoms with van der Waals surface area (Å²) in [5, 5.41) is 19.1. The van der Waals surface area contributed by atoms with Gasteiger partial charge in [0.1, 0.15) is 6.10 Å². The Balaban J connectivity index is 1.49. The number of ether oxygens (including phenoxy) is 1. The van der Waals surface area contributed by atoms with Crippen LogP contribution in [0, 0.1) is 50.2 Å². The first kappa shape index (κ1) is 30.3. The van der Waals surface area contributed by atoms with E-state index in [4.69, 9.17) is 9.84 Å². The molecule has 4 fully saturated rings. The van der Waals surface area contributed by atoms with Crippen LogP contribution in [0.5, 0.6) is 0 Å². The van der Waals surface area contributed by atoms with E-state index >= 15 is 0 Å². The van der Waals surface area contributed by atoms with Gasteiger partial charge in [0.15, 0.2) is 5.78 Å². The molecule has 4 saturated carbocycles. The fourth-order valence-corrected chi connectivity index (χ4v) is 11.0. The largest absolute Gasteiger partial charge is 0.481 e. The normalized spacial score (nSPS) is 46.6. The lowest BCUT2D eigenvalue weighted by molar-refractivity contribution is -0.211. The maximum atomic E-state index is 14.5. The molecule has 0 heterocycles. The highest BCUT2D eigenvalue weighted by Gasteiger charge is 2.70. The average molecular weight is 571 g/mol. The van der Waals surface area contributed by atoms with Crippen LogP contribution in [-0.4, -0.2) is 40.0 Å². The van der Waals surface area contributed by atoms with Crippen LogP contribution in [0.25, 0.3) is 0 Å². The van der Waals surface area contributed by atoms with Gasteiger partial charge in [-0.25, -0.2) is 0 Å². The van der Waals surface area contributed by atoms with Crippen LogP contribution in [-0.2, 0) is 23.9 Å². The van der Waals surface area contributed by atoms with Gasteiger partial charge in [0.2, 0.25) is 0 Å². The zero-order chi connectivity index (χ0) is 30.4. The maximum absolute atomic E-state index is 14.5. The van der Waals surface area contributed by atoms with Crippen molar-refractivity contribution in [3.8, 4) is 0 Å². The summed E-state index contributed by atoms with van der Waals surface area (Å²) in [4.78, 5) is 50.3. The molecule has 2 N–H and O–H groups in total. The number of allylic oxidation sites excluding steroid dienone is 2. The van der Waals surface area contributed by atoms with Crippen LogP contribution in [0.1, 0.15) is 119 Å². The van der Waals surface area contributed by atoms with Gasteiger partial charge in [-0.2, -0.15) is 0 Å². The molecule has 5 aliphatic rings. The summed E-state index contributed by atoms with van der Waals surface area (Å²) in [5.41, 5.74) is -0.553. The Morgan fingerprint density at radius 2 is 1.54 bits per heavy atom. The van der Waals surface area contributed by atoms with Gasteiger partial charge >= 0.3 is 17.9 Å². The van der Waals surface area contributed by atoms with Crippen molar-refractivity contribution in [2.75, 3.05) is 0 Å². The summed E-state index contributed by atoms with van der Waals surface area (Å²) < 4.78 is 5.91. The number of carbonyl (C=O) groups excluding carboxylic acids is 2. The molecule has 7 nitrogen and oxygen atoms in total. The van der Waals surface area contributed by atoms with Gasteiger partial charge in [-0.15, -0.1) is 0 Å². The van der Waals surface area contributed by atoms with Crippen molar-refractivity contribution >= 4 is 23.7 Å². The summed E-state index contributed by atoms with van der Waals surface area (Å²) in [6.45, 7) is 15.5. The van der Waals surface area contributed by atoms with Crippen LogP contribution in [0.15, 0.2) is 11.6 Å². The molecule has 228 valence electrons. The number of esters is 1. The quantitative estimate of drug-likeness (QED) is 0.348. The molecular weight excluding hydrogens is 520 g/mol. The lowest BCUT2D eigenvalue weighted by Crippen LogP contribution is -2.66. The van der Waals surface area contributed by atoms with Crippen molar-refractivity contribution in [2.45, 2.75) is 125 Å². The van der Waals surface area contributed by atoms with E-state index in [9.17, 15) is 24.3 Å². The fraction of sp³-hybridized carbons (Fsp3) is 0.824. The second-order valence-corrected chi connectivity index (χ2v) is 16.3. The molecule has 5 aliphatic carbocycles. The van der Waals surface area contributed by atoms with Crippen LogP contribution < -0.4 is 0 Å². The summed E-state index contributed by atoms with van der Waals surface area (Å²) >= 11 is 0. The van der Waals surface area contributed by atoms with Gasteiger partial charge in [0.25, 0.3) is 0 Å². The number of fused-ring (bicyclic) bond motifs is 7. The highest BCUT2D eigenvalue weighted by atomic mass is 16.5. The monoisotopic (exact) mass is 570 g/mol. The summed E-state index contributed by atoms with van der Waals surface area (Å²) in [5.74, 6) is -1.87. The van der Waals surface area contributed by atoms with Crippen molar-refractivity contribution in [3.63, 3.8) is 0 Å². The number of hydrogen-bond acceptors (Lipinski definition) is 5. The molecule has 0 saturated heterocycles. The molecular formula is C34H50O7. The molecule has 0 radical (unpaired) electrons. The van der Waals surface area contributed by atoms with E-state index in [0.29, 0.717) is 19.3 Å². The van der Waals surface area contributed by atoms with Gasteiger partial charge in [0, 0.05) is 11.3 Å². The lowest BCUT2D eigenvalue weighted by Gasteiger charge is -2.70. The Labute approximate surface area is 244 Å². The SMILES string of the molecule is CC1(C)[C@H](OC(=O)CCC(=O)O)CC[C@@]2(C)[C@H]3C(=O)C=C4[C@H]5C[C@@](C)(C(=O)O)CC[C@]5(C)CC[C@@]4(C)[C@]3(C)CC[C@@H]12. The molecule has 9 atom stereocenters. The molecule has 5 rings (SSSR count). The van der Waals surface area contributed by atoms with Gasteiger partial charge in [-0.1, -0.05) is 47.1 Å². The minimum absolute atomic E-state index is 0.0233. The summed E-state index contributed by atoms with van der Waals surface area (Å²) in [6, 6.07) is 0. The lowest BCUT2D eigenvalue weighted by atomic mass is 9.33. The second kappa shape index (κ2) is 9.41. The first-order valence-electron chi connectivity index (χ1n) is 15.7. The Bertz CT molecular complexity index is 1200. The molecule has 7 heteroatoms. The van der Waals surface area contributed by atoms with E-state index in [1.54, 1.807) is 0 Å². The Hall–Kier alpha value is -2.18. The molecule has 0 aromatic rings. The zero-order valence-corrected chi connectivity index (χ0v) is 26.1. The molecule has 0 amide bonds. The highest BCUT2D eigenvalue weighted by Crippen LogP contribution is 2.75. The van der Waals surface area contributed by atoms with Crippen molar-refractivity contribution in [2.24, 2.45) is 50.2 Å². The van der Waals surface area contributed by atoms with E-state index < -0.39 is 23.3 Å². The molecule has 41 heavy (non-hydrogen) atoms. The number of hydrogen-bond donors (Lipinski definition) is 2. The van der Waals surface area contributed by atoms with Crippen molar-refractivity contribution < 1.29 is 34.1 Å². The zero-order valence-electron chi connectivity index (χ0n) is 26.1. The van der Waals surface area contributed by atoms with Crippen LogP contribution in [0.3, 0.4) is 0 Å². The van der Waals surface area contributed by atoms with Gasteiger partial charge in [0.05, 0.1) is 18.3 Å². The first-order valence-corrected chi connectivity index (χ1v) is 15.7. The van der Waals surface area contributed by atoms with Gasteiger partial charge in [-0.3, -0.25) is 19.2 Å². The van der Waals surface area contributed by atoms with Gasteiger partial charge < -0.3 is 14.9 Å². The summed E-state index contributed by atoms with van der Waals surface area (Å²) in [6.07, 6.45) is 8.80. The smallest absolute Gasteiger partial charge is 0.309 e. The third-order valence-corrected chi connectivity index (χ3v) is 13.8. The van der Waals surface area contributed by atoms with Crippen molar-refractivity contribution in [1.29, 1.82) is 0 Å². The van der Waals surface area contributed by atoms with Crippen LogP contribution >= 0.6 is 0 Å². The average Bonchev–Trinajstić information content (AvgIpc) is 2.86. The molecule has 0 unspecified atom stereocenters. The van der Waals surface area contributed by atoms with E-state index in [2.05, 4.69) is 41.5 Å². The van der Waals surface area contributed by atoms with Gasteiger partial charge in [-0.05, 0) is 104 Å². The third-order valence-electron chi connectivity index (χ3n) is 13.8. The van der Waals surface area contributed by atoms with Crippen LogP contribution in [0.4, 0.5) is 0 Å². The number of rotatable bonds is 5. The minimum atomic E-state index is -1.01. The summed E-state index contributed by atoms with van der Waals surface area (Å²) in [7, 11) is 0. The Kier molecular flexibility index (Phi) is 6.95. The van der Waals surface area contributed by atoms with E-state index in [0.717, 1.165) is 38.5 Å². The molecule has 0 aliphatic heterocycles. The number of aliphatic carboxylic acids is 2. The predicted molar refractivity (Wildman–Crippen MR) is 154 cm³/mol. The van der Waals surface area contributed by atoms with E-state index in [1.807, 2.05) is 13.0 Å². The topological polar surface area (TPSA) is 118 Å². The molecule has 0 aromatic carbocycles. The number of carbonyl (C=O) groups is 4. The molecule has 0 aromatic heterocycles. The number of carboxylic acids is 2. The van der Waals surface area contributed by atoms with Crippen LogP contribution in [0.2, 0.25) is 0 Å². The predicted octanol–water partition coefficient (Wildman–Crippen LogP) is 6.83. The Morgan fingerprint density at radius 3 is 2.17 bits per heavy atom. The standard InChI is InChI=1S/C34H50O7/c1-29(2)23-10-13-34(7)27(32(23,5)12-11-24(29)41-26(38)9-8-25(36)37)22(35)18-20-21-19-31(4,28(39)40)15-14-30(21,3)16-17-33(20,34)6/h18,21,23-24,27H,8-17,19H2,1-7H3,(H,36,37)(H,39,40)/t21-,23+,24-,27-,30-,31+,32-,33-,34-/m1/s1. The van der Waals surface area contributed by atoms with Crippen molar-refractivity contribution in [3.05, 3.63) is 11.6 Å². The van der Waals surface area contributed by atoms with Crippen molar-refractivity contribution in [1.82, 2.24) is 0 Å². The second-order valence-electron chi connectivity index (χ2n) is 16.3. The maximum Gasteiger partial charge on any atom is 0.309 e. The third kappa shape index (κ3) is 4.25. The Morgan fingerprint density at radius 1 is 0.878 bits per heavy atom.